The summed E-state index contributed by atoms with van der Waals surface area (Å²) in [6.07, 6.45) is 11.6. The van der Waals surface area contributed by atoms with Crippen LogP contribution < -0.4 is 0 Å². The standard InChI is InChI=1S/C13H22O/c1-2-12(14)11-5-9-13(10-6-11)7-3-4-8-13/h11H,2-10H2,1H3. The minimum Gasteiger partial charge on any atom is -0.299 e. The van der Waals surface area contributed by atoms with E-state index in [4.69, 9.17) is 0 Å². The summed E-state index contributed by atoms with van der Waals surface area (Å²) >= 11 is 0. The predicted molar refractivity (Wildman–Crippen MR) is 58.2 cm³/mol. The van der Waals surface area contributed by atoms with Crippen molar-refractivity contribution in [2.45, 2.75) is 64.7 Å². The van der Waals surface area contributed by atoms with Crippen molar-refractivity contribution in [1.29, 1.82) is 0 Å². The normalized spacial score (nSPS) is 26.9. The third-order valence-electron chi connectivity index (χ3n) is 4.51. The van der Waals surface area contributed by atoms with Crippen LogP contribution in [0, 0.1) is 11.3 Å². The monoisotopic (exact) mass is 194 g/mol. The Bertz CT molecular complexity index is 203. The lowest BCUT2D eigenvalue weighted by Crippen LogP contribution is -2.28. The molecule has 1 spiro atoms. The molecule has 2 aliphatic carbocycles. The Hall–Kier alpha value is -0.330. The van der Waals surface area contributed by atoms with Gasteiger partial charge in [-0.1, -0.05) is 19.8 Å². The maximum absolute atomic E-state index is 11.6. The topological polar surface area (TPSA) is 17.1 Å². The highest BCUT2D eigenvalue weighted by atomic mass is 16.1. The third kappa shape index (κ3) is 1.87. The fourth-order valence-electron chi connectivity index (χ4n) is 3.47. The van der Waals surface area contributed by atoms with E-state index in [1.54, 1.807) is 0 Å². The van der Waals surface area contributed by atoms with Crippen molar-refractivity contribution in [3.8, 4) is 0 Å². The molecule has 0 unspecified atom stereocenters. The second-order valence-corrected chi connectivity index (χ2v) is 5.30. The zero-order valence-electron chi connectivity index (χ0n) is 9.35. The summed E-state index contributed by atoms with van der Waals surface area (Å²) < 4.78 is 0. The van der Waals surface area contributed by atoms with Gasteiger partial charge < -0.3 is 0 Å². The lowest BCUT2D eigenvalue weighted by atomic mass is 9.68. The number of hydrogen-bond acceptors (Lipinski definition) is 1. The molecule has 0 atom stereocenters. The lowest BCUT2D eigenvalue weighted by molar-refractivity contribution is -0.124. The summed E-state index contributed by atoms with van der Waals surface area (Å²) in [7, 11) is 0. The first-order valence-corrected chi connectivity index (χ1v) is 6.28. The number of ketones is 1. The van der Waals surface area contributed by atoms with Crippen molar-refractivity contribution < 1.29 is 4.79 Å². The van der Waals surface area contributed by atoms with Crippen molar-refractivity contribution in [2.75, 3.05) is 0 Å². The van der Waals surface area contributed by atoms with Crippen LogP contribution in [0.25, 0.3) is 0 Å². The SMILES string of the molecule is CCC(=O)C1CCC2(CCCC2)CC1. The Morgan fingerprint density at radius 3 is 2.21 bits per heavy atom. The second-order valence-electron chi connectivity index (χ2n) is 5.30. The van der Waals surface area contributed by atoms with Crippen LogP contribution in [0.2, 0.25) is 0 Å². The molecule has 0 saturated heterocycles. The Morgan fingerprint density at radius 1 is 1.14 bits per heavy atom. The highest BCUT2D eigenvalue weighted by Crippen LogP contribution is 2.50. The Morgan fingerprint density at radius 2 is 1.71 bits per heavy atom. The van der Waals surface area contributed by atoms with Gasteiger partial charge in [0.1, 0.15) is 5.78 Å². The van der Waals surface area contributed by atoms with Crippen molar-refractivity contribution in [3.63, 3.8) is 0 Å². The van der Waals surface area contributed by atoms with E-state index in [-0.39, 0.29) is 0 Å². The highest BCUT2D eigenvalue weighted by Gasteiger charge is 2.38. The quantitative estimate of drug-likeness (QED) is 0.655. The molecular weight excluding hydrogens is 172 g/mol. The molecule has 0 aromatic carbocycles. The van der Waals surface area contributed by atoms with E-state index in [1.165, 1.54) is 51.4 Å². The smallest absolute Gasteiger partial charge is 0.135 e. The maximum atomic E-state index is 11.6. The molecule has 0 bridgehead atoms. The van der Waals surface area contributed by atoms with E-state index in [0.717, 1.165) is 6.42 Å². The molecule has 0 heterocycles. The fraction of sp³-hybridized carbons (Fsp3) is 0.923. The molecule has 0 N–H and O–H groups in total. The second kappa shape index (κ2) is 4.04. The molecule has 80 valence electrons. The van der Waals surface area contributed by atoms with Crippen LogP contribution in [0.1, 0.15) is 64.7 Å². The van der Waals surface area contributed by atoms with Gasteiger partial charge in [-0.25, -0.2) is 0 Å². The van der Waals surface area contributed by atoms with Crippen molar-refractivity contribution in [1.82, 2.24) is 0 Å². The molecule has 14 heavy (non-hydrogen) atoms. The van der Waals surface area contributed by atoms with E-state index in [2.05, 4.69) is 0 Å². The molecule has 2 fully saturated rings. The maximum Gasteiger partial charge on any atom is 0.135 e. The van der Waals surface area contributed by atoms with Crippen molar-refractivity contribution in [2.24, 2.45) is 11.3 Å². The van der Waals surface area contributed by atoms with Gasteiger partial charge in [0.2, 0.25) is 0 Å². The number of hydrogen-bond donors (Lipinski definition) is 0. The van der Waals surface area contributed by atoms with Crippen molar-refractivity contribution in [3.05, 3.63) is 0 Å². The zero-order chi connectivity index (χ0) is 10.0. The number of carbonyl (C=O) groups is 1. The number of rotatable bonds is 2. The summed E-state index contributed by atoms with van der Waals surface area (Å²) in [5, 5.41) is 0. The van der Waals surface area contributed by atoms with Crippen LogP contribution in [0.3, 0.4) is 0 Å². The molecule has 1 nitrogen and oxygen atoms in total. The van der Waals surface area contributed by atoms with Gasteiger partial charge in [0.15, 0.2) is 0 Å². The van der Waals surface area contributed by atoms with Gasteiger partial charge in [-0.15, -0.1) is 0 Å². The van der Waals surface area contributed by atoms with Crippen LogP contribution in [0.15, 0.2) is 0 Å². The highest BCUT2D eigenvalue weighted by molar-refractivity contribution is 5.80. The lowest BCUT2D eigenvalue weighted by Gasteiger charge is -2.36. The first-order chi connectivity index (χ1) is 6.76. The summed E-state index contributed by atoms with van der Waals surface area (Å²) in [5.74, 6) is 0.934. The third-order valence-corrected chi connectivity index (χ3v) is 4.51. The number of carbonyl (C=O) groups excluding carboxylic acids is 1. The largest absolute Gasteiger partial charge is 0.299 e. The minimum absolute atomic E-state index is 0.422. The average Bonchev–Trinajstić information content (AvgIpc) is 2.67. The molecule has 0 amide bonds. The van der Waals surface area contributed by atoms with Gasteiger partial charge in [0.05, 0.1) is 0 Å². The first kappa shape index (κ1) is 10.2. The Labute approximate surface area is 87.3 Å². The summed E-state index contributed by atoms with van der Waals surface area (Å²) in [5.41, 5.74) is 0.685. The minimum atomic E-state index is 0.422. The van der Waals surface area contributed by atoms with Crippen LogP contribution >= 0.6 is 0 Å². The summed E-state index contributed by atoms with van der Waals surface area (Å²) in [6.45, 7) is 2.00. The molecule has 1 heteroatoms. The molecule has 0 radical (unpaired) electrons. The van der Waals surface area contributed by atoms with E-state index in [1.807, 2.05) is 6.92 Å². The van der Waals surface area contributed by atoms with E-state index < -0.39 is 0 Å². The van der Waals surface area contributed by atoms with E-state index in [9.17, 15) is 4.79 Å². The molecule has 2 rings (SSSR count). The molecule has 2 aliphatic rings. The fourth-order valence-corrected chi connectivity index (χ4v) is 3.47. The Kier molecular flexibility index (Phi) is 2.94. The van der Waals surface area contributed by atoms with Gasteiger partial charge >= 0.3 is 0 Å². The van der Waals surface area contributed by atoms with Crippen LogP contribution in [0.4, 0.5) is 0 Å². The Balaban J connectivity index is 1.88. The molecule has 0 aromatic rings. The summed E-state index contributed by atoms with van der Waals surface area (Å²) in [4.78, 5) is 11.6. The average molecular weight is 194 g/mol. The zero-order valence-corrected chi connectivity index (χ0v) is 9.35. The van der Waals surface area contributed by atoms with Gasteiger partial charge in [-0.05, 0) is 43.9 Å². The molecular formula is C13H22O. The van der Waals surface area contributed by atoms with E-state index in [0.29, 0.717) is 17.1 Å². The van der Waals surface area contributed by atoms with Crippen LogP contribution in [-0.4, -0.2) is 5.78 Å². The van der Waals surface area contributed by atoms with Gasteiger partial charge in [0.25, 0.3) is 0 Å². The van der Waals surface area contributed by atoms with Gasteiger partial charge in [0, 0.05) is 12.3 Å². The van der Waals surface area contributed by atoms with Crippen molar-refractivity contribution >= 4 is 5.78 Å². The van der Waals surface area contributed by atoms with E-state index >= 15 is 0 Å². The van der Waals surface area contributed by atoms with Gasteiger partial charge in [-0.2, -0.15) is 0 Å². The van der Waals surface area contributed by atoms with Crippen LogP contribution in [0.5, 0.6) is 0 Å². The predicted octanol–water partition coefficient (Wildman–Crippen LogP) is 3.72. The number of Topliss-reactive ketones (excluding diaryl/α,β-unsaturated/α-hetero) is 1. The molecule has 0 aliphatic heterocycles. The molecule has 2 saturated carbocycles. The molecule has 0 aromatic heterocycles. The first-order valence-electron chi connectivity index (χ1n) is 6.28. The van der Waals surface area contributed by atoms with Gasteiger partial charge in [-0.3, -0.25) is 4.79 Å². The van der Waals surface area contributed by atoms with Crippen LogP contribution in [-0.2, 0) is 4.79 Å². The summed E-state index contributed by atoms with van der Waals surface area (Å²) in [6, 6.07) is 0.